The smallest absolute Gasteiger partial charge is 0.230 e. The van der Waals surface area contributed by atoms with Crippen LogP contribution in [0.1, 0.15) is 38.3 Å². The van der Waals surface area contributed by atoms with Crippen LogP contribution < -0.4 is 10.6 Å². The van der Waals surface area contributed by atoms with E-state index in [-0.39, 0.29) is 11.8 Å². The molecule has 0 fully saturated rings. The number of fused-ring (bicyclic) bond motifs is 1. The summed E-state index contributed by atoms with van der Waals surface area (Å²) < 4.78 is 0. The molecule has 1 heterocycles. The van der Waals surface area contributed by atoms with Gasteiger partial charge in [0.1, 0.15) is 0 Å². The maximum Gasteiger partial charge on any atom is 0.230 e. The third-order valence-corrected chi connectivity index (χ3v) is 4.35. The van der Waals surface area contributed by atoms with E-state index in [2.05, 4.69) is 32.0 Å². The van der Waals surface area contributed by atoms with Crippen LogP contribution >= 0.6 is 0 Å². The number of amides is 1. The zero-order valence-corrected chi connectivity index (χ0v) is 12.9. The summed E-state index contributed by atoms with van der Waals surface area (Å²) in [6, 6.07) is 6.43. The molecule has 1 amide bonds. The molecule has 1 aromatic carbocycles. The zero-order chi connectivity index (χ0) is 14.7. The van der Waals surface area contributed by atoms with Gasteiger partial charge in [-0.1, -0.05) is 32.9 Å². The van der Waals surface area contributed by atoms with Crippen LogP contribution in [0, 0.1) is 11.8 Å². The van der Waals surface area contributed by atoms with Gasteiger partial charge in [0.2, 0.25) is 5.91 Å². The number of carbonyl (C=O) groups is 1. The molecule has 0 aliphatic carbocycles. The highest BCUT2D eigenvalue weighted by molar-refractivity contribution is 5.96. The number of aryl methyl sites for hydroxylation is 1. The van der Waals surface area contributed by atoms with E-state index < -0.39 is 0 Å². The van der Waals surface area contributed by atoms with Gasteiger partial charge in [0.05, 0.1) is 0 Å². The van der Waals surface area contributed by atoms with E-state index in [0.29, 0.717) is 12.5 Å². The maximum atomic E-state index is 12.6. The molecule has 1 atom stereocenters. The maximum absolute atomic E-state index is 12.6. The Hall–Kier alpha value is -1.35. The Morgan fingerprint density at radius 2 is 2.10 bits per heavy atom. The molecular formula is C17H26N2O. The number of hydrogen-bond donors (Lipinski definition) is 1. The zero-order valence-electron chi connectivity index (χ0n) is 12.9. The van der Waals surface area contributed by atoms with Gasteiger partial charge in [0.15, 0.2) is 0 Å². The first-order chi connectivity index (χ1) is 9.54. The molecule has 2 rings (SSSR count). The summed E-state index contributed by atoms with van der Waals surface area (Å²) in [5.74, 6) is 0.710. The fraction of sp³-hybridized carbons (Fsp3) is 0.588. The van der Waals surface area contributed by atoms with Crippen LogP contribution in [0.5, 0.6) is 0 Å². The second kappa shape index (κ2) is 6.40. The summed E-state index contributed by atoms with van der Waals surface area (Å²) >= 11 is 0. The van der Waals surface area contributed by atoms with E-state index in [0.717, 1.165) is 31.5 Å². The Balaban J connectivity index is 2.26. The minimum atomic E-state index is 0.0738. The van der Waals surface area contributed by atoms with Gasteiger partial charge in [-0.15, -0.1) is 0 Å². The molecule has 2 N–H and O–H groups in total. The molecule has 1 aliphatic heterocycles. The van der Waals surface area contributed by atoms with Crippen molar-refractivity contribution in [2.45, 2.75) is 40.0 Å². The van der Waals surface area contributed by atoms with Crippen LogP contribution in [0.3, 0.4) is 0 Å². The fourth-order valence-corrected chi connectivity index (χ4v) is 2.73. The van der Waals surface area contributed by atoms with Crippen LogP contribution in [-0.2, 0) is 17.6 Å². The van der Waals surface area contributed by atoms with Crippen LogP contribution in [0.15, 0.2) is 18.2 Å². The molecule has 1 unspecified atom stereocenters. The number of nitrogens with two attached hydrogens (primary N) is 1. The van der Waals surface area contributed by atoms with E-state index in [1.165, 1.54) is 11.1 Å². The summed E-state index contributed by atoms with van der Waals surface area (Å²) in [5.41, 5.74) is 9.30. The molecule has 0 bridgehead atoms. The first kappa shape index (κ1) is 15.0. The molecule has 1 aliphatic rings. The largest absolute Gasteiger partial charge is 0.330 e. The number of nitrogens with zero attached hydrogens (tertiary/aromatic N) is 1. The van der Waals surface area contributed by atoms with Crippen LogP contribution in [0.2, 0.25) is 0 Å². The van der Waals surface area contributed by atoms with Gasteiger partial charge in [-0.05, 0) is 48.9 Å². The average Bonchev–Trinajstić information content (AvgIpc) is 2.45. The summed E-state index contributed by atoms with van der Waals surface area (Å²) in [5, 5.41) is 0. The molecule has 1 aromatic rings. The fourth-order valence-electron chi connectivity index (χ4n) is 2.73. The molecular weight excluding hydrogens is 248 g/mol. The highest BCUT2D eigenvalue weighted by atomic mass is 16.2. The van der Waals surface area contributed by atoms with Crippen molar-refractivity contribution in [1.29, 1.82) is 0 Å². The number of benzene rings is 1. The van der Waals surface area contributed by atoms with Crippen molar-refractivity contribution in [3.05, 3.63) is 29.3 Å². The predicted octanol–water partition coefficient (Wildman–Crippen LogP) is 2.76. The monoisotopic (exact) mass is 274 g/mol. The van der Waals surface area contributed by atoms with Crippen molar-refractivity contribution in [2.24, 2.45) is 17.6 Å². The van der Waals surface area contributed by atoms with E-state index in [1.807, 2.05) is 11.8 Å². The molecule has 0 aromatic heterocycles. The van der Waals surface area contributed by atoms with Gasteiger partial charge >= 0.3 is 0 Å². The Bertz CT molecular complexity index is 482. The van der Waals surface area contributed by atoms with E-state index in [1.54, 1.807) is 0 Å². The van der Waals surface area contributed by atoms with Gasteiger partial charge in [-0.2, -0.15) is 0 Å². The van der Waals surface area contributed by atoms with Crippen molar-refractivity contribution in [3.63, 3.8) is 0 Å². The van der Waals surface area contributed by atoms with Gasteiger partial charge in [-0.25, -0.2) is 0 Å². The van der Waals surface area contributed by atoms with Gasteiger partial charge in [0.25, 0.3) is 0 Å². The first-order valence-corrected chi connectivity index (χ1v) is 7.68. The summed E-state index contributed by atoms with van der Waals surface area (Å²) in [6.45, 7) is 7.77. The molecule has 0 radical (unpaired) electrons. The second-order valence-corrected chi connectivity index (χ2v) is 6.13. The summed E-state index contributed by atoms with van der Waals surface area (Å²) in [7, 11) is 0. The van der Waals surface area contributed by atoms with Crippen molar-refractivity contribution in [1.82, 2.24) is 0 Å². The molecule has 0 saturated carbocycles. The molecule has 0 spiro atoms. The number of anilines is 1. The van der Waals surface area contributed by atoms with E-state index >= 15 is 0 Å². The summed E-state index contributed by atoms with van der Waals surface area (Å²) in [4.78, 5) is 14.6. The van der Waals surface area contributed by atoms with E-state index in [9.17, 15) is 4.79 Å². The first-order valence-electron chi connectivity index (χ1n) is 7.68. The second-order valence-electron chi connectivity index (χ2n) is 6.13. The van der Waals surface area contributed by atoms with Crippen LogP contribution in [-0.4, -0.2) is 19.0 Å². The molecule has 110 valence electrons. The third kappa shape index (κ3) is 3.04. The Morgan fingerprint density at radius 1 is 1.35 bits per heavy atom. The van der Waals surface area contributed by atoms with Gasteiger partial charge in [-0.3, -0.25) is 4.79 Å². The molecule has 3 nitrogen and oxygen atoms in total. The van der Waals surface area contributed by atoms with Crippen molar-refractivity contribution in [2.75, 3.05) is 18.0 Å². The predicted molar refractivity (Wildman–Crippen MR) is 83.9 cm³/mol. The van der Waals surface area contributed by atoms with E-state index in [4.69, 9.17) is 5.73 Å². The average molecular weight is 274 g/mol. The quantitative estimate of drug-likeness (QED) is 0.917. The Kier molecular flexibility index (Phi) is 4.81. The number of carbonyl (C=O) groups excluding carboxylic acids is 1. The van der Waals surface area contributed by atoms with Gasteiger partial charge in [0, 0.05) is 18.2 Å². The highest BCUT2D eigenvalue weighted by Crippen LogP contribution is 2.30. The topological polar surface area (TPSA) is 46.3 Å². The van der Waals surface area contributed by atoms with Crippen LogP contribution in [0.4, 0.5) is 5.69 Å². The molecule has 3 heteroatoms. The van der Waals surface area contributed by atoms with Crippen molar-refractivity contribution in [3.8, 4) is 0 Å². The number of hydrogen-bond acceptors (Lipinski definition) is 2. The number of rotatable bonds is 4. The molecule has 20 heavy (non-hydrogen) atoms. The minimum absolute atomic E-state index is 0.0738. The molecule has 0 saturated heterocycles. The van der Waals surface area contributed by atoms with Gasteiger partial charge < -0.3 is 10.6 Å². The summed E-state index contributed by atoms with van der Waals surface area (Å²) in [6.07, 6.45) is 3.02. The SMILES string of the molecule is CC(C)C(C)C(=O)N1CCCc2cc(CCN)ccc21. The lowest BCUT2D eigenvalue weighted by molar-refractivity contribution is -0.123. The lowest BCUT2D eigenvalue weighted by Crippen LogP contribution is -2.40. The van der Waals surface area contributed by atoms with Crippen molar-refractivity contribution >= 4 is 11.6 Å². The Morgan fingerprint density at radius 3 is 2.75 bits per heavy atom. The van der Waals surface area contributed by atoms with Crippen LogP contribution in [0.25, 0.3) is 0 Å². The lowest BCUT2D eigenvalue weighted by atomic mass is 9.93. The minimum Gasteiger partial charge on any atom is -0.330 e. The standard InChI is InChI=1S/C17H26N2O/c1-12(2)13(3)17(20)19-10-4-5-15-11-14(8-9-18)6-7-16(15)19/h6-7,11-13H,4-5,8-10,18H2,1-3H3. The lowest BCUT2D eigenvalue weighted by Gasteiger charge is -2.32. The van der Waals surface area contributed by atoms with Crippen molar-refractivity contribution < 1.29 is 4.79 Å². The highest BCUT2D eigenvalue weighted by Gasteiger charge is 2.27. The third-order valence-electron chi connectivity index (χ3n) is 4.35. The Labute approximate surface area is 122 Å². The normalized spacial score (nSPS) is 16.1.